The van der Waals surface area contributed by atoms with Gasteiger partial charge in [0, 0.05) is 18.8 Å². The van der Waals surface area contributed by atoms with Crippen LogP contribution in [0.1, 0.15) is 0 Å². The molecule has 7 heteroatoms. The minimum absolute atomic E-state index is 0.679. The molecular weight excluding hydrogens is 292 g/mol. The first-order valence-corrected chi connectivity index (χ1v) is 7.53. The summed E-state index contributed by atoms with van der Waals surface area (Å²) in [4.78, 5) is 19.8. The van der Waals surface area contributed by atoms with Gasteiger partial charge in [-0.1, -0.05) is 18.2 Å². The molecule has 0 unspecified atom stereocenters. The van der Waals surface area contributed by atoms with Gasteiger partial charge in [-0.2, -0.15) is 0 Å². The number of morpholine rings is 1. The number of hydrogen-bond donors (Lipinski definition) is 1. The number of ether oxygens (including phenoxy) is 1. The van der Waals surface area contributed by atoms with Crippen LogP contribution in [0.2, 0.25) is 0 Å². The SMILES string of the molecule is c1ccc(Nc2ncnc3cnc(N4CCOCC4)nc23)cc1. The number of benzene rings is 1. The molecule has 1 aromatic carbocycles. The predicted octanol–water partition coefficient (Wildman–Crippen LogP) is 2.00. The summed E-state index contributed by atoms with van der Waals surface area (Å²) >= 11 is 0. The van der Waals surface area contributed by atoms with E-state index >= 15 is 0 Å². The van der Waals surface area contributed by atoms with Crippen molar-refractivity contribution in [2.45, 2.75) is 0 Å². The van der Waals surface area contributed by atoms with E-state index in [1.807, 2.05) is 30.3 Å². The topological polar surface area (TPSA) is 76.1 Å². The Morgan fingerprint density at radius 3 is 2.65 bits per heavy atom. The van der Waals surface area contributed by atoms with Crippen LogP contribution in [0.25, 0.3) is 11.0 Å². The zero-order chi connectivity index (χ0) is 15.5. The van der Waals surface area contributed by atoms with Crippen LogP contribution in [0.4, 0.5) is 17.5 Å². The first-order valence-electron chi connectivity index (χ1n) is 7.53. The third-order valence-electron chi connectivity index (χ3n) is 3.70. The molecule has 23 heavy (non-hydrogen) atoms. The first kappa shape index (κ1) is 13.8. The van der Waals surface area contributed by atoms with Gasteiger partial charge >= 0.3 is 0 Å². The summed E-state index contributed by atoms with van der Waals surface area (Å²) in [5.41, 5.74) is 2.39. The summed E-state index contributed by atoms with van der Waals surface area (Å²) in [6.07, 6.45) is 3.26. The Hall–Kier alpha value is -2.80. The van der Waals surface area contributed by atoms with Gasteiger partial charge < -0.3 is 15.0 Å². The van der Waals surface area contributed by atoms with Crippen LogP contribution in [0.5, 0.6) is 0 Å². The number of para-hydroxylation sites is 1. The molecule has 0 amide bonds. The van der Waals surface area contributed by atoms with Crippen LogP contribution in [-0.2, 0) is 4.74 Å². The number of aromatic nitrogens is 4. The van der Waals surface area contributed by atoms with Crippen molar-refractivity contribution in [2.75, 3.05) is 36.5 Å². The van der Waals surface area contributed by atoms with Gasteiger partial charge in [0.25, 0.3) is 0 Å². The highest BCUT2D eigenvalue weighted by molar-refractivity contribution is 5.87. The van der Waals surface area contributed by atoms with Crippen LogP contribution in [0.3, 0.4) is 0 Å². The molecule has 3 aromatic rings. The number of hydrogen-bond acceptors (Lipinski definition) is 7. The molecule has 0 spiro atoms. The van der Waals surface area contributed by atoms with Crippen molar-refractivity contribution in [2.24, 2.45) is 0 Å². The Kier molecular flexibility index (Phi) is 3.69. The van der Waals surface area contributed by atoms with E-state index in [-0.39, 0.29) is 0 Å². The Morgan fingerprint density at radius 1 is 1.00 bits per heavy atom. The average molecular weight is 308 g/mol. The molecule has 1 aliphatic heterocycles. The lowest BCUT2D eigenvalue weighted by Gasteiger charge is -2.26. The van der Waals surface area contributed by atoms with E-state index in [4.69, 9.17) is 4.74 Å². The summed E-state index contributed by atoms with van der Waals surface area (Å²) in [5.74, 6) is 1.37. The molecule has 4 rings (SSSR count). The van der Waals surface area contributed by atoms with E-state index in [1.54, 1.807) is 6.20 Å². The third kappa shape index (κ3) is 2.91. The summed E-state index contributed by atoms with van der Waals surface area (Å²) in [5, 5.41) is 3.29. The number of anilines is 3. The highest BCUT2D eigenvalue weighted by Crippen LogP contribution is 2.22. The van der Waals surface area contributed by atoms with Gasteiger partial charge in [0.1, 0.15) is 17.4 Å². The first-order chi connectivity index (χ1) is 11.4. The van der Waals surface area contributed by atoms with E-state index < -0.39 is 0 Å². The van der Waals surface area contributed by atoms with Crippen LogP contribution >= 0.6 is 0 Å². The Balaban J connectivity index is 1.72. The molecule has 7 nitrogen and oxygen atoms in total. The number of nitrogens with one attached hydrogen (secondary N) is 1. The second-order valence-electron chi connectivity index (χ2n) is 5.22. The third-order valence-corrected chi connectivity index (χ3v) is 3.70. The number of rotatable bonds is 3. The number of fused-ring (bicyclic) bond motifs is 1. The van der Waals surface area contributed by atoms with Crippen molar-refractivity contribution in [3.05, 3.63) is 42.9 Å². The van der Waals surface area contributed by atoms with Gasteiger partial charge in [0.05, 0.1) is 19.4 Å². The number of nitrogens with zero attached hydrogens (tertiary/aromatic N) is 5. The second kappa shape index (κ2) is 6.13. The Morgan fingerprint density at radius 2 is 1.83 bits per heavy atom. The fourth-order valence-electron chi connectivity index (χ4n) is 2.51. The Bertz CT molecular complexity index is 804. The fraction of sp³-hybridized carbons (Fsp3) is 0.250. The average Bonchev–Trinajstić information content (AvgIpc) is 2.63. The van der Waals surface area contributed by atoms with Gasteiger partial charge in [0.15, 0.2) is 5.82 Å². The normalized spacial score (nSPS) is 14.9. The second-order valence-corrected chi connectivity index (χ2v) is 5.22. The maximum Gasteiger partial charge on any atom is 0.226 e. The minimum Gasteiger partial charge on any atom is -0.378 e. The van der Waals surface area contributed by atoms with Gasteiger partial charge in [-0.15, -0.1) is 0 Å². The molecule has 1 fully saturated rings. The molecule has 116 valence electrons. The molecule has 1 N–H and O–H groups in total. The maximum atomic E-state index is 5.38. The standard InChI is InChI=1S/C16H16N6O/c1-2-4-12(5-3-1)20-15-14-13(18-11-19-15)10-17-16(21-14)22-6-8-23-9-7-22/h1-5,10-11H,6-9H2,(H,18,19,20). The largest absolute Gasteiger partial charge is 0.378 e. The predicted molar refractivity (Wildman–Crippen MR) is 87.9 cm³/mol. The van der Waals surface area contributed by atoms with E-state index in [9.17, 15) is 0 Å². The van der Waals surface area contributed by atoms with Gasteiger partial charge in [-0.25, -0.2) is 19.9 Å². The summed E-state index contributed by atoms with van der Waals surface area (Å²) in [6.45, 7) is 2.98. The smallest absolute Gasteiger partial charge is 0.226 e. The lowest BCUT2D eigenvalue weighted by atomic mass is 10.3. The highest BCUT2D eigenvalue weighted by atomic mass is 16.5. The lowest BCUT2D eigenvalue weighted by Crippen LogP contribution is -2.37. The lowest BCUT2D eigenvalue weighted by molar-refractivity contribution is 0.122. The summed E-state index contributed by atoms with van der Waals surface area (Å²) in [6, 6.07) is 9.89. The van der Waals surface area contributed by atoms with Crippen molar-refractivity contribution < 1.29 is 4.74 Å². The summed E-state index contributed by atoms with van der Waals surface area (Å²) in [7, 11) is 0. The zero-order valence-electron chi connectivity index (χ0n) is 12.5. The highest BCUT2D eigenvalue weighted by Gasteiger charge is 2.15. The fourth-order valence-corrected chi connectivity index (χ4v) is 2.51. The van der Waals surface area contributed by atoms with E-state index in [2.05, 4.69) is 30.2 Å². The van der Waals surface area contributed by atoms with Crippen LogP contribution in [0.15, 0.2) is 42.9 Å². The molecule has 3 heterocycles. The minimum atomic E-state index is 0.679. The molecule has 1 saturated heterocycles. The van der Waals surface area contributed by atoms with Crippen LogP contribution in [0, 0.1) is 0 Å². The van der Waals surface area contributed by atoms with E-state index in [1.165, 1.54) is 6.33 Å². The Labute approximate surface area is 133 Å². The van der Waals surface area contributed by atoms with Crippen LogP contribution in [-0.4, -0.2) is 46.2 Å². The molecule has 0 saturated carbocycles. The maximum absolute atomic E-state index is 5.38. The van der Waals surface area contributed by atoms with Crippen molar-refractivity contribution >= 4 is 28.5 Å². The molecule has 2 aromatic heterocycles. The molecular formula is C16H16N6O. The quantitative estimate of drug-likeness (QED) is 0.793. The van der Waals surface area contributed by atoms with Gasteiger partial charge in [-0.05, 0) is 12.1 Å². The van der Waals surface area contributed by atoms with E-state index in [0.717, 1.165) is 24.3 Å². The molecule has 0 bridgehead atoms. The van der Waals surface area contributed by atoms with Gasteiger partial charge in [-0.3, -0.25) is 0 Å². The van der Waals surface area contributed by atoms with Crippen molar-refractivity contribution in [1.29, 1.82) is 0 Å². The molecule has 0 radical (unpaired) electrons. The molecule has 1 aliphatic rings. The van der Waals surface area contributed by atoms with Crippen LogP contribution < -0.4 is 10.2 Å². The summed E-state index contributed by atoms with van der Waals surface area (Å²) < 4.78 is 5.38. The molecule has 0 atom stereocenters. The van der Waals surface area contributed by atoms with Gasteiger partial charge in [0.2, 0.25) is 5.95 Å². The van der Waals surface area contributed by atoms with Crippen molar-refractivity contribution in [3.8, 4) is 0 Å². The zero-order valence-corrected chi connectivity index (χ0v) is 12.5. The molecule has 0 aliphatic carbocycles. The van der Waals surface area contributed by atoms with Crippen molar-refractivity contribution in [1.82, 2.24) is 19.9 Å². The van der Waals surface area contributed by atoms with E-state index in [0.29, 0.717) is 30.5 Å². The van der Waals surface area contributed by atoms with Crippen molar-refractivity contribution in [3.63, 3.8) is 0 Å². The monoisotopic (exact) mass is 308 g/mol.